The van der Waals surface area contributed by atoms with E-state index in [-0.39, 0.29) is 24.5 Å². The number of carbonyl (C=O) groups is 2. The van der Waals surface area contributed by atoms with E-state index in [1.165, 1.54) is 0 Å². The molecule has 0 atom stereocenters. The second-order valence-corrected chi connectivity index (χ2v) is 5.15. The number of urea groups is 1. The summed E-state index contributed by atoms with van der Waals surface area (Å²) in [6, 6.07) is 0.320. The third kappa shape index (κ3) is 5.94. The molecule has 0 aliphatic heterocycles. The Morgan fingerprint density at radius 3 is 2.05 bits per heavy atom. The minimum Gasteiger partial charge on any atom is -0.481 e. The van der Waals surface area contributed by atoms with E-state index in [1.807, 2.05) is 20.9 Å². The molecule has 0 saturated carbocycles. The van der Waals surface area contributed by atoms with Crippen LogP contribution in [-0.4, -0.2) is 52.6 Å². The molecule has 0 aromatic heterocycles. The Morgan fingerprint density at radius 2 is 1.68 bits per heavy atom. The normalized spacial score (nSPS) is 10.9. The van der Waals surface area contributed by atoms with E-state index in [0.29, 0.717) is 13.0 Å². The number of hydrogen-bond acceptors (Lipinski definition) is 2. The van der Waals surface area contributed by atoms with Crippen LogP contribution in [0.4, 0.5) is 4.79 Å². The second-order valence-electron chi connectivity index (χ2n) is 5.15. The van der Waals surface area contributed by atoms with E-state index in [1.54, 1.807) is 9.80 Å². The summed E-state index contributed by atoms with van der Waals surface area (Å²) < 4.78 is 0. The number of aliphatic carboxylic acids is 1. The molecule has 0 radical (unpaired) electrons. The zero-order chi connectivity index (χ0) is 15.0. The van der Waals surface area contributed by atoms with Gasteiger partial charge in [0.2, 0.25) is 0 Å². The molecule has 0 heterocycles. The van der Waals surface area contributed by atoms with Gasteiger partial charge < -0.3 is 14.9 Å². The maximum absolute atomic E-state index is 12.4. The Kier molecular flexibility index (Phi) is 8.19. The standard InChI is InChI=1S/C14H28N2O3/c1-6-12(7-2)15(5)14(19)16(11(3)4)10-8-9-13(17)18/h11-12H,6-10H2,1-5H3,(H,17,18). The summed E-state index contributed by atoms with van der Waals surface area (Å²) in [4.78, 5) is 26.5. The van der Waals surface area contributed by atoms with Crippen LogP contribution in [-0.2, 0) is 4.79 Å². The van der Waals surface area contributed by atoms with Crippen molar-refractivity contribution in [2.75, 3.05) is 13.6 Å². The van der Waals surface area contributed by atoms with Gasteiger partial charge in [0.25, 0.3) is 0 Å². The van der Waals surface area contributed by atoms with Gasteiger partial charge in [-0.05, 0) is 33.1 Å². The third-order valence-corrected chi connectivity index (χ3v) is 3.45. The molecule has 0 bridgehead atoms. The molecular formula is C14H28N2O3. The Morgan fingerprint density at radius 1 is 1.16 bits per heavy atom. The summed E-state index contributed by atoms with van der Waals surface area (Å²) in [6.45, 7) is 8.55. The molecule has 2 amide bonds. The van der Waals surface area contributed by atoms with E-state index < -0.39 is 5.97 Å². The monoisotopic (exact) mass is 272 g/mol. The van der Waals surface area contributed by atoms with Crippen molar-refractivity contribution in [3.8, 4) is 0 Å². The number of nitrogens with zero attached hydrogens (tertiary/aromatic N) is 2. The molecule has 0 saturated heterocycles. The van der Waals surface area contributed by atoms with Crippen LogP contribution >= 0.6 is 0 Å². The van der Waals surface area contributed by atoms with E-state index in [2.05, 4.69) is 13.8 Å². The molecule has 0 rings (SSSR count). The van der Waals surface area contributed by atoms with Gasteiger partial charge in [0.1, 0.15) is 0 Å². The highest BCUT2D eigenvalue weighted by atomic mass is 16.4. The molecule has 5 heteroatoms. The van der Waals surface area contributed by atoms with Gasteiger partial charge in [-0.1, -0.05) is 13.8 Å². The van der Waals surface area contributed by atoms with Crippen LogP contribution in [0.3, 0.4) is 0 Å². The largest absolute Gasteiger partial charge is 0.481 e. The Balaban J connectivity index is 4.60. The summed E-state index contributed by atoms with van der Waals surface area (Å²) >= 11 is 0. The first-order valence-electron chi connectivity index (χ1n) is 7.10. The first kappa shape index (κ1) is 17.7. The van der Waals surface area contributed by atoms with Crippen LogP contribution in [0.2, 0.25) is 0 Å². The average molecular weight is 272 g/mol. The molecule has 19 heavy (non-hydrogen) atoms. The maximum Gasteiger partial charge on any atom is 0.320 e. The number of carboxylic acids is 1. The highest BCUT2D eigenvalue weighted by molar-refractivity contribution is 5.75. The SMILES string of the molecule is CCC(CC)N(C)C(=O)N(CCCC(=O)O)C(C)C. The van der Waals surface area contributed by atoms with Gasteiger partial charge in [0.15, 0.2) is 0 Å². The molecule has 0 unspecified atom stereocenters. The van der Waals surface area contributed by atoms with Gasteiger partial charge in [0, 0.05) is 32.1 Å². The second kappa shape index (κ2) is 8.77. The molecular weight excluding hydrogens is 244 g/mol. The first-order chi connectivity index (χ1) is 8.84. The fourth-order valence-electron chi connectivity index (χ4n) is 2.17. The van der Waals surface area contributed by atoms with Crippen LogP contribution in [0, 0.1) is 0 Å². The smallest absolute Gasteiger partial charge is 0.320 e. The molecule has 1 N–H and O–H groups in total. The lowest BCUT2D eigenvalue weighted by Crippen LogP contribution is -2.48. The summed E-state index contributed by atoms with van der Waals surface area (Å²) in [6.07, 6.45) is 2.46. The van der Waals surface area contributed by atoms with E-state index in [4.69, 9.17) is 5.11 Å². The molecule has 0 fully saturated rings. The lowest BCUT2D eigenvalue weighted by molar-refractivity contribution is -0.137. The minimum absolute atomic E-state index is 0.00547. The number of amides is 2. The van der Waals surface area contributed by atoms with E-state index in [0.717, 1.165) is 12.8 Å². The molecule has 112 valence electrons. The van der Waals surface area contributed by atoms with Crippen LogP contribution < -0.4 is 0 Å². The quantitative estimate of drug-likeness (QED) is 0.739. The molecule has 0 spiro atoms. The minimum atomic E-state index is -0.815. The molecule has 5 nitrogen and oxygen atoms in total. The van der Waals surface area contributed by atoms with E-state index >= 15 is 0 Å². The summed E-state index contributed by atoms with van der Waals surface area (Å²) in [5, 5.41) is 8.66. The number of carboxylic acid groups (broad SMARTS) is 1. The van der Waals surface area contributed by atoms with Gasteiger partial charge >= 0.3 is 12.0 Å². The number of carbonyl (C=O) groups excluding carboxylic acids is 1. The van der Waals surface area contributed by atoms with Crippen molar-refractivity contribution < 1.29 is 14.7 Å². The highest BCUT2D eigenvalue weighted by Gasteiger charge is 2.24. The first-order valence-corrected chi connectivity index (χ1v) is 7.10. The Hall–Kier alpha value is -1.26. The lowest BCUT2D eigenvalue weighted by Gasteiger charge is -2.35. The van der Waals surface area contributed by atoms with Crippen molar-refractivity contribution >= 4 is 12.0 Å². The van der Waals surface area contributed by atoms with Crippen molar-refractivity contribution in [1.29, 1.82) is 0 Å². The zero-order valence-corrected chi connectivity index (χ0v) is 12.8. The van der Waals surface area contributed by atoms with E-state index in [9.17, 15) is 9.59 Å². The lowest BCUT2D eigenvalue weighted by atomic mass is 10.1. The van der Waals surface area contributed by atoms with Gasteiger partial charge in [0.05, 0.1) is 0 Å². The molecule has 0 aliphatic rings. The maximum atomic E-state index is 12.4. The van der Waals surface area contributed by atoms with Crippen molar-refractivity contribution in [2.45, 2.75) is 65.5 Å². The Labute approximate surface area is 116 Å². The number of rotatable bonds is 8. The predicted molar refractivity (Wildman–Crippen MR) is 76.2 cm³/mol. The van der Waals surface area contributed by atoms with Gasteiger partial charge in [-0.15, -0.1) is 0 Å². The van der Waals surface area contributed by atoms with Crippen LogP contribution in [0.25, 0.3) is 0 Å². The zero-order valence-electron chi connectivity index (χ0n) is 12.8. The molecule has 0 aliphatic carbocycles. The van der Waals surface area contributed by atoms with Crippen molar-refractivity contribution in [1.82, 2.24) is 9.80 Å². The van der Waals surface area contributed by atoms with Crippen LogP contribution in [0.1, 0.15) is 53.4 Å². The molecule has 0 aromatic carbocycles. The number of hydrogen-bond donors (Lipinski definition) is 1. The fourth-order valence-corrected chi connectivity index (χ4v) is 2.17. The Bertz CT molecular complexity index is 288. The summed E-state index contributed by atoms with van der Waals surface area (Å²) in [7, 11) is 1.83. The van der Waals surface area contributed by atoms with Crippen LogP contribution in [0.5, 0.6) is 0 Å². The van der Waals surface area contributed by atoms with Crippen molar-refractivity contribution in [2.24, 2.45) is 0 Å². The van der Waals surface area contributed by atoms with Gasteiger partial charge in [-0.2, -0.15) is 0 Å². The van der Waals surface area contributed by atoms with Gasteiger partial charge in [-0.25, -0.2) is 4.79 Å². The van der Waals surface area contributed by atoms with Crippen molar-refractivity contribution in [3.63, 3.8) is 0 Å². The molecule has 0 aromatic rings. The third-order valence-electron chi connectivity index (χ3n) is 3.45. The summed E-state index contributed by atoms with van der Waals surface area (Å²) in [5.41, 5.74) is 0. The van der Waals surface area contributed by atoms with Crippen LogP contribution in [0.15, 0.2) is 0 Å². The average Bonchev–Trinajstić information content (AvgIpc) is 2.34. The highest BCUT2D eigenvalue weighted by Crippen LogP contribution is 2.12. The van der Waals surface area contributed by atoms with Gasteiger partial charge in [-0.3, -0.25) is 4.79 Å². The topological polar surface area (TPSA) is 60.9 Å². The fraction of sp³-hybridized carbons (Fsp3) is 0.857. The predicted octanol–water partition coefficient (Wildman–Crippen LogP) is 2.80. The van der Waals surface area contributed by atoms with Crippen molar-refractivity contribution in [3.05, 3.63) is 0 Å². The summed E-state index contributed by atoms with van der Waals surface area (Å²) in [5.74, 6) is -0.815.